The summed E-state index contributed by atoms with van der Waals surface area (Å²) in [7, 11) is 1.62. The Bertz CT molecular complexity index is 658. The van der Waals surface area contributed by atoms with Crippen LogP contribution in [0.4, 0.5) is 4.39 Å². The fourth-order valence-electron chi connectivity index (χ4n) is 2.19. The third-order valence-corrected chi connectivity index (χ3v) is 3.78. The molecule has 22 heavy (non-hydrogen) atoms. The van der Waals surface area contributed by atoms with Crippen LogP contribution >= 0.6 is 0 Å². The first kappa shape index (κ1) is 14.6. The van der Waals surface area contributed by atoms with Crippen molar-refractivity contribution >= 4 is 5.78 Å². The van der Waals surface area contributed by atoms with Crippen LogP contribution in [0.3, 0.4) is 0 Å². The zero-order chi connectivity index (χ0) is 15.6. The maximum atomic E-state index is 13.7. The van der Waals surface area contributed by atoms with Gasteiger partial charge in [-0.05, 0) is 54.8 Å². The minimum absolute atomic E-state index is 0.335. The first-order valence-corrected chi connectivity index (χ1v) is 7.20. The van der Waals surface area contributed by atoms with Crippen molar-refractivity contribution < 1.29 is 18.7 Å². The number of methoxy groups -OCH3 is 1. The van der Waals surface area contributed by atoms with Gasteiger partial charge >= 0.3 is 0 Å². The molecule has 4 heteroatoms. The van der Waals surface area contributed by atoms with Gasteiger partial charge in [-0.25, -0.2) is 4.39 Å². The lowest BCUT2D eigenvalue weighted by Crippen LogP contribution is -2.16. The van der Waals surface area contributed by atoms with Crippen LogP contribution in [0, 0.1) is 0 Å². The maximum absolute atomic E-state index is 13.7. The summed E-state index contributed by atoms with van der Waals surface area (Å²) in [5, 5.41) is 0. The molecular formula is C18H17FO3. The highest BCUT2D eigenvalue weighted by Crippen LogP contribution is 2.42. The zero-order valence-corrected chi connectivity index (χ0v) is 12.3. The predicted molar refractivity (Wildman–Crippen MR) is 81.2 cm³/mol. The minimum Gasteiger partial charge on any atom is -0.497 e. The Morgan fingerprint density at radius 2 is 1.64 bits per heavy atom. The van der Waals surface area contributed by atoms with Crippen LogP contribution in [0.2, 0.25) is 0 Å². The minimum atomic E-state index is -1.62. The lowest BCUT2D eigenvalue weighted by Gasteiger charge is -2.08. The quantitative estimate of drug-likeness (QED) is 0.758. The van der Waals surface area contributed by atoms with Crippen molar-refractivity contribution in [1.82, 2.24) is 0 Å². The molecule has 0 unspecified atom stereocenters. The lowest BCUT2D eigenvalue weighted by molar-refractivity contribution is 0.0850. The number of ketones is 1. The van der Waals surface area contributed by atoms with E-state index in [1.807, 2.05) is 24.3 Å². The number of carbonyl (C=O) groups excluding carboxylic acids is 1. The molecule has 0 atom stereocenters. The van der Waals surface area contributed by atoms with Gasteiger partial charge in [0, 0.05) is 5.56 Å². The largest absolute Gasteiger partial charge is 0.497 e. The highest BCUT2D eigenvalue weighted by atomic mass is 19.1. The van der Waals surface area contributed by atoms with Gasteiger partial charge in [0.2, 0.25) is 0 Å². The summed E-state index contributed by atoms with van der Waals surface area (Å²) in [6.07, 6.45) is 0.670. The van der Waals surface area contributed by atoms with Crippen molar-refractivity contribution in [3.63, 3.8) is 0 Å². The fraction of sp³-hybridized carbons (Fsp3) is 0.278. The van der Waals surface area contributed by atoms with Crippen LogP contribution in [-0.4, -0.2) is 18.6 Å². The van der Waals surface area contributed by atoms with Crippen molar-refractivity contribution in [2.75, 3.05) is 7.11 Å². The first-order valence-electron chi connectivity index (χ1n) is 7.20. The van der Waals surface area contributed by atoms with E-state index in [9.17, 15) is 9.18 Å². The smallest absolute Gasteiger partial charge is 0.199 e. The van der Waals surface area contributed by atoms with Crippen LogP contribution in [-0.2, 0) is 6.61 Å². The first-order chi connectivity index (χ1) is 10.6. The highest BCUT2D eigenvalue weighted by Gasteiger charge is 2.50. The fourth-order valence-corrected chi connectivity index (χ4v) is 2.19. The van der Waals surface area contributed by atoms with Gasteiger partial charge in [-0.2, -0.15) is 0 Å². The maximum Gasteiger partial charge on any atom is 0.199 e. The Morgan fingerprint density at radius 1 is 1.05 bits per heavy atom. The number of carbonyl (C=O) groups is 1. The van der Waals surface area contributed by atoms with E-state index in [1.54, 1.807) is 31.4 Å². The lowest BCUT2D eigenvalue weighted by atomic mass is 10.1. The molecule has 0 heterocycles. The van der Waals surface area contributed by atoms with Gasteiger partial charge in [0.15, 0.2) is 11.5 Å². The third kappa shape index (κ3) is 3.11. The standard InChI is InChI=1S/C18H17FO3/c1-21-15-6-2-13(3-7-15)12-22-16-8-4-14(5-9-16)17(20)18(19)10-11-18/h2-9H,10-12H2,1H3. The normalized spacial score (nSPS) is 15.2. The average Bonchev–Trinajstić information content (AvgIpc) is 3.32. The zero-order valence-electron chi connectivity index (χ0n) is 12.3. The molecule has 3 nitrogen and oxygen atoms in total. The molecular weight excluding hydrogens is 283 g/mol. The van der Waals surface area contributed by atoms with Gasteiger partial charge < -0.3 is 9.47 Å². The molecule has 1 fully saturated rings. The summed E-state index contributed by atoms with van der Waals surface area (Å²) in [6, 6.07) is 14.2. The van der Waals surface area contributed by atoms with Crippen molar-refractivity contribution in [2.24, 2.45) is 0 Å². The number of hydrogen-bond acceptors (Lipinski definition) is 3. The summed E-state index contributed by atoms with van der Waals surface area (Å²) in [6.45, 7) is 0.421. The summed E-state index contributed by atoms with van der Waals surface area (Å²) in [4.78, 5) is 11.9. The molecule has 0 bridgehead atoms. The van der Waals surface area contributed by atoms with Crippen LogP contribution in [0.5, 0.6) is 11.5 Å². The van der Waals surface area contributed by atoms with Crippen molar-refractivity contribution in [2.45, 2.75) is 25.1 Å². The van der Waals surface area contributed by atoms with Crippen molar-refractivity contribution in [3.05, 3.63) is 59.7 Å². The van der Waals surface area contributed by atoms with Gasteiger partial charge in [-0.15, -0.1) is 0 Å². The molecule has 0 spiro atoms. The Hall–Kier alpha value is -2.36. The molecule has 2 aromatic rings. The van der Waals surface area contributed by atoms with E-state index < -0.39 is 11.5 Å². The third-order valence-electron chi connectivity index (χ3n) is 3.78. The molecule has 114 valence electrons. The van der Waals surface area contributed by atoms with Crippen molar-refractivity contribution in [1.29, 1.82) is 0 Å². The molecule has 0 radical (unpaired) electrons. The Kier molecular flexibility index (Phi) is 3.84. The van der Waals surface area contributed by atoms with Crippen LogP contribution in [0.15, 0.2) is 48.5 Å². The predicted octanol–water partition coefficient (Wildman–Crippen LogP) is 3.96. The number of Topliss-reactive ketones (excluding diaryl/α,β-unsaturated/α-hetero) is 1. The average molecular weight is 300 g/mol. The Labute approximate surface area is 128 Å². The van der Waals surface area contributed by atoms with Crippen LogP contribution in [0.1, 0.15) is 28.8 Å². The molecule has 0 saturated heterocycles. The molecule has 1 aliphatic carbocycles. The number of ether oxygens (including phenoxy) is 2. The molecule has 0 aliphatic heterocycles. The second-order valence-electron chi connectivity index (χ2n) is 5.46. The summed E-state index contributed by atoms with van der Waals surface area (Å²) in [5.41, 5.74) is -0.204. The Balaban J connectivity index is 1.59. The van der Waals surface area contributed by atoms with E-state index in [2.05, 4.69) is 0 Å². The molecule has 0 aromatic heterocycles. The molecule has 3 rings (SSSR count). The van der Waals surface area contributed by atoms with E-state index >= 15 is 0 Å². The van der Waals surface area contributed by atoms with E-state index in [0.29, 0.717) is 30.8 Å². The van der Waals surface area contributed by atoms with Gasteiger partial charge in [-0.1, -0.05) is 12.1 Å². The second kappa shape index (κ2) is 5.79. The van der Waals surface area contributed by atoms with E-state index in [-0.39, 0.29) is 0 Å². The monoisotopic (exact) mass is 300 g/mol. The molecule has 0 amide bonds. The molecule has 1 saturated carbocycles. The van der Waals surface area contributed by atoms with Crippen LogP contribution < -0.4 is 9.47 Å². The second-order valence-corrected chi connectivity index (χ2v) is 5.46. The summed E-state index contributed by atoms with van der Waals surface area (Å²) in [5.74, 6) is 1.03. The van der Waals surface area contributed by atoms with Gasteiger partial charge in [0.1, 0.15) is 18.1 Å². The Morgan fingerprint density at radius 3 is 2.18 bits per heavy atom. The molecule has 0 N–H and O–H groups in total. The number of hydrogen-bond donors (Lipinski definition) is 0. The van der Waals surface area contributed by atoms with E-state index in [4.69, 9.17) is 9.47 Å². The molecule has 1 aliphatic rings. The topological polar surface area (TPSA) is 35.5 Å². The number of rotatable bonds is 6. The molecule has 2 aromatic carbocycles. The summed E-state index contributed by atoms with van der Waals surface area (Å²) >= 11 is 0. The highest BCUT2D eigenvalue weighted by molar-refractivity contribution is 6.04. The number of halogens is 1. The number of benzene rings is 2. The SMILES string of the molecule is COc1ccc(COc2ccc(C(=O)C3(F)CC3)cc2)cc1. The van der Waals surface area contributed by atoms with Crippen molar-refractivity contribution in [3.8, 4) is 11.5 Å². The van der Waals surface area contributed by atoms with Gasteiger partial charge in [0.05, 0.1) is 7.11 Å². The van der Waals surface area contributed by atoms with Gasteiger partial charge in [-0.3, -0.25) is 4.79 Å². The number of alkyl halides is 1. The van der Waals surface area contributed by atoms with E-state index in [0.717, 1.165) is 11.3 Å². The summed E-state index contributed by atoms with van der Waals surface area (Å²) < 4.78 is 24.5. The van der Waals surface area contributed by atoms with E-state index in [1.165, 1.54) is 0 Å². The van der Waals surface area contributed by atoms with Gasteiger partial charge in [0.25, 0.3) is 0 Å². The van der Waals surface area contributed by atoms with Crippen LogP contribution in [0.25, 0.3) is 0 Å².